The van der Waals surface area contributed by atoms with E-state index in [0.717, 1.165) is 48.9 Å². The number of carbonyl (C=O) groups excluding carboxylic acids is 1. The fourth-order valence-electron chi connectivity index (χ4n) is 6.10. The molecular weight excluding hydrogens is 448 g/mol. The molecule has 5 rings (SSSR count). The summed E-state index contributed by atoms with van der Waals surface area (Å²) in [7, 11) is 3.45. The molecule has 2 aliphatic rings. The first-order valence-corrected chi connectivity index (χ1v) is 13.0. The molecule has 3 aromatic rings. The van der Waals surface area contributed by atoms with Gasteiger partial charge in [-0.05, 0) is 48.9 Å². The summed E-state index contributed by atoms with van der Waals surface area (Å²) in [5.74, 6) is 0. The molecule has 2 heterocycles. The van der Waals surface area contributed by atoms with Crippen molar-refractivity contribution in [2.45, 2.75) is 42.9 Å². The van der Waals surface area contributed by atoms with Crippen molar-refractivity contribution in [1.29, 1.82) is 0 Å². The molecule has 1 amide bonds. The molecule has 0 unspecified atom stereocenters. The van der Waals surface area contributed by atoms with Crippen LogP contribution in [-0.4, -0.2) is 61.3 Å². The van der Waals surface area contributed by atoms with Crippen molar-refractivity contribution in [2.75, 3.05) is 33.9 Å². The van der Waals surface area contributed by atoms with Gasteiger partial charge in [0.05, 0.1) is 6.61 Å². The van der Waals surface area contributed by atoms with Crippen LogP contribution in [0.3, 0.4) is 0 Å². The Hall–Kier alpha value is -3.15. The van der Waals surface area contributed by atoms with E-state index in [1.807, 2.05) is 0 Å². The van der Waals surface area contributed by atoms with Gasteiger partial charge in [-0.15, -0.1) is 0 Å². The molecule has 188 valence electrons. The van der Waals surface area contributed by atoms with E-state index < -0.39 is 5.60 Å². The van der Waals surface area contributed by atoms with Crippen LogP contribution in [0.4, 0.5) is 4.79 Å². The molecule has 2 atom stereocenters. The van der Waals surface area contributed by atoms with E-state index in [2.05, 4.69) is 95.9 Å². The number of hydrogen-bond acceptors (Lipinski definition) is 4. The fraction of sp³-hybridized carbons (Fsp3) is 0.387. The maximum atomic E-state index is 12.1. The van der Waals surface area contributed by atoms with Crippen LogP contribution in [0.5, 0.6) is 0 Å². The zero-order valence-corrected chi connectivity index (χ0v) is 21.3. The lowest BCUT2D eigenvalue weighted by Crippen LogP contribution is -2.49. The lowest BCUT2D eigenvalue weighted by atomic mass is 9.79. The van der Waals surface area contributed by atoms with Gasteiger partial charge in [0, 0.05) is 25.7 Å². The zero-order chi connectivity index (χ0) is 25.0. The lowest BCUT2D eigenvalue weighted by Gasteiger charge is -2.41. The average molecular weight is 485 g/mol. The van der Waals surface area contributed by atoms with Crippen LogP contribution in [0.2, 0.25) is 0 Å². The van der Waals surface area contributed by atoms with E-state index in [9.17, 15) is 4.79 Å². The minimum absolute atomic E-state index is 0.0429. The highest BCUT2D eigenvalue weighted by atomic mass is 16.6. The van der Waals surface area contributed by atoms with Gasteiger partial charge in [-0.2, -0.15) is 0 Å². The quantitative estimate of drug-likeness (QED) is 0.385. The Balaban J connectivity index is 1.48. The molecule has 3 aromatic carbocycles. The van der Waals surface area contributed by atoms with Gasteiger partial charge < -0.3 is 14.4 Å². The number of rotatable bonds is 8. The molecule has 0 aromatic heterocycles. The lowest BCUT2D eigenvalue weighted by molar-refractivity contribution is -0.0499. The Morgan fingerprint density at radius 1 is 0.889 bits per heavy atom. The van der Waals surface area contributed by atoms with E-state index >= 15 is 0 Å². The first kappa shape index (κ1) is 24.5. The van der Waals surface area contributed by atoms with Gasteiger partial charge in [-0.3, -0.25) is 4.90 Å². The van der Waals surface area contributed by atoms with E-state index in [4.69, 9.17) is 9.47 Å². The van der Waals surface area contributed by atoms with Crippen LogP contribution in [0.15, 0.2) is 91.0 Å². The smallest absolute Gasteiger partial charge is 0.409 e. The van der Waals surface area contributed by atoms with Crippen molar-refractivity contribution in [1.82, 2.24) is 9.80 Å². The summed E-state index contributed by atoms with van der Waals surface area (Å²) < 4.78 is 12.8. The second-order valence-corrected chi connectivity index (χ2v) is 10.3. The molecule has 0 bridgehead atoms. The van der Waals surface area contributed by atoms with Crippen molar-refractivity contribution in [2.24, 2.45) is 0 Å². The molecule has 2 saturated heterocycles. The predicted molar refractivity (Wildman–Crippen MR) is 142 cm³/mol. The summed E-state index contributed by atoms with van der Waals surface area (Å²) in [6.07, 6.45) is 4.01. The summed E-state index contributed by atoms with van der Waals surface area (Å²) >= 11 is 0. The number of amides is 1. The second kappa shape index (κ2) is 10.5. The second-order valence-electron chi connectivity index (χ2n) is 10.3. The molecule has 0 N–H and O–H groups in total. The van der Waals surface area contributed by atoms with Crippen LogP contribution in [0, 0.1) is 0 Å². The zero-order valence-electron chi connectivity index (χ0n) is 21.3. The third kappa shape index (κ3) is 4.54. The molecule has 2 fully saturated rings. The van der Waals surface area contributed by atoms with Gasteiger partial charge in [0.1, 0.15) is 12.2 Å². The standard InChI is InChI=1S/C31H36N2O3/c1-32(2)29(34)35-23-28-19-21-30(20-12-22-33(28)30)24-36-31(25-13-6-3-7-14-25,26-15-8-4-9-16-26)27-17-10-5-11-18-27/h3-11,13-18,28H,12,19-24H2,1-2H3/t28-,30-/m0/s1. The van der Waals surface area contributed by atoms with E-state index in [-0.39, 0.29) is 17.7 Å². The number of carbonyl (C=O) groups is 1. The third-order valence-electron chi connectivity index (χ3n) is 7.90. The van der Waals surface area contributed by atoms with Gasteiger partial charge in [-0.1, -0.05) is 91.0 Å². The average Bonchev–Trinajstić information content (AvgIpc) is 3.49. The monoisotopic (exact) mass is 484 g/mol. The Kier molecular flexibility index (Phi) is 7.13. The van der Waals surface area contributed by atoms with Crippen LogP contribution in [0.1, 0.15) is 42.4 Å². The van der Waals surface area contributed by atoms with E-state index in [0.29, 0.717) is 13.2 Å². The minimum Gasteiger partial charge on any atom is -0.448 e. The topological polar surface area (TPSA) is 42.0 Å². The molecule has 5 nitrogen and oxygen atoms in total. The highest BCUT2D eigenvalue weighted by Gasteiger charge is 2.51. The normalized spacial score (nSPS) is 21.8. The van der Waals surface area contributed by atoms with Crippen molar-refractivity contribution in [3.05, 3.63) is 108 Å². The maximum Gasteiger partial charge on any atom is 0.409 e. The molecule has 0 spiro atoms. The van der Waals surface area contributed by atoms with Crippen LogP contribution in [0.25, 0.3) is 0 Å². The maximum absolute atomic E-state index is 12.1. The van der Waals surface area contributed by atoms with Crippen LogP contribution in [-0.2, 0) is 15.1 Å². The van der Waals surface area contributed by atoms with E-state index in [1.54, 1.807) is 14.1 Å². The largest absolute Gasteiger partial charge is 0.448 e. The molecule has 2 aliphatic heterocycles. The molecule has 0 aliphatic carbocycles. The minimum atomic E-state index is -0.720. The number of fused-ring (bicyclic) bond motifs is 1. The Labute approximate surface area is 214 Å². The summed E-state index contributed by atoms with van der Waals surface area (Å²) in [5, 5.41) is 0. The van der Waals surface area contributed by atoms with Gasteiger partial charge >= 0.3 is 6.09 Å². The third-order valence-corrected chi connectivity index (χ3v) is 7.90. The molecule has 0 radical (unpaired) electrons. The number of benzene rings is 3. The Bertz CT molecular complexity index is 1040. The number of hydrogen-bond donors (Lipinski definition) is 0. The van der Waals surface area contributed by atoms with Crippen LogP contribution >= 0.6 is 0 Å². The summed E-state index contributed by atoms with van der Waals surface area (Å²) in [5.41, 5.74) is 2.61. The SMILES string of the molecule is CN(C)C(=O)OC[C@@H]1CC[C@]2(COC(c3ccccc3)(c3ccccc3)c3ccccc3)CCCN12. The number of nitrogens with zero attached hydrogens (tertiary/aromatic N) is 2. The van der Waals surface area contributed by atoms with Crippen molar-refractivity contribution in [3.8, 4) is 0 Å². The Morgan fingerprint density at radius 2 is 1.42 bits per heavy atom. The van der Waals surface area contributed by atoms with Crippen molar-refractivity contribution >= 4 is 6.09 Å². The highest BCUT2D eigenvalue weighted by Crippen LogP contribution is 2.46. The summed E-state index contributed by atoms with van der Waals surface area (Å²) in [6.45, 7) is 2.06. The number of ether oxygens (including phenoxy) is 2. The molecule has 5 heteroatoms. The highest BCUT2D eigenvalue weighted by molar-refractivity contribution is 5.66. The van der Waals surface area contributed by atoms with E-state index in [1.165, 1.54) is 4.90 Å². The van der Waals surface area contributed by atoms with Crippen LogP contribution < -0.4 is 0 Å². The van der Waals surface area contributed by atoms with Gasteiger partial charge in [0.15, 0.2) is 0 Å². The van der Waals surface area contributed by atoms with Gasteiger partial charge in [0.25, 0.3) is 0 Å². The summed E-state index contributed by atoms with van der Waals surface area (Å²) in [4.78, 5) is 16.1. The summed E-state index contributed by atoms with van der Waals surface area (Å²) in [6, 6.07) is 31.9. The fourth-order valence-corrected chi connectivity index (χ4v) is 6.10. The first-order valence-electron chi connectivity index (χ1n) is 13.0. The van der Waals surface area contributed by atoms with Gasteiger partial charge in [-0.25, -0.2) is 4.79 Å². The van der Waals surface area contributed by atoms with Crippen molar-refractivity contribution in [3.63, 3.8) is 0 Å². The predicted octanol–water partition coefficient (Wildman–Crippen LogP) is 5.69. The van der Waals surface area contributed by atoms with Gasteiger partial charge in [0.2, 0.25) is 0 Å². The Morgan fingerprint density at radius 3 is 1.92 bits per heavy atom. The first-order chi connectivity index (χ1) is 17.6. The molecule has 0 saturated carbocycles. The molecule has 36 heavy (non-hydrogen) atoms. The van der Waals surface area contributed by atoms with Crippen molar-refractivity contribution < 1.29 is 14.3 Å². The molecular formula is C31H36N2O3.